The molecule has 0 aromatic rings. The molecule has 1 unspecified atom stereocenters. The summed E-state index contributed by atoms with van der Waals surface area (Å²) in [4.78, 5) is 38.3. The Morgan fingerprint density at radius 2 is 0.506 bits per heavy atom. The summed E-state index contributed by atoms with van der Waals surface area (Å²) in [6.07, 6.45) is 91.0. The molecule has 0 bridgehead atoms. The Labute approximate surface area is 489 Å². The van der Waals surface area contributed by atoms with Gasteiger partial charge in [-0.1, -0.05) is 284 Å². The Bertz CT molecular complexity index is 1590. The lowest BCUT2D eigenvalue weighted by atomic mass is 10.0. The highest BCUT2D eigenvalue weighted by Crippen LogP contribution is 2.16. The van der Waals surface area contributed by atoms with Crippen LogP contribution < -0.4 is 0 Å². The predicted molar refractivity (Wildman–Crippen MR) is 343 cm³/mol. The fraction of sp³-hybridized carbons (Fsp3) is 0.712. The van der Waals surface area contributed by atoms with E-state index in [1.54, 1.807) is 0 Å². The number of esters is 3. The first-order valence-electron chi connectivity index (χ1n) is 33.4. The SMILES string of the molecule is CC/C=C\C/C=C\C/C=C\C/C=C\C/C=C\CCCCCCCCCC(=O)OC(COC(=O)CCCCCCC/C=C\CCCC)COC(=O)CCCCCCCCCCCCCC/C=C\C/C=C\C/C=C\CCCCCCC. The Balaban J connectivity index is 4.29. The molecule has 0 saturated carbocycles. The van der Waals surface area contributed by atoms with Gasteiger partial charge in [-0.3, -0.25) is 14.4 Å². The van der Waals surface area contributed by atoms with Gasteiger partial charge in [0.25, 0.3) is 0 Å². The van der Waals surface area contributed by atoms with Gasteiger partial charge in [-0.15, -0.1) is 0 Å². The van der Waals surface area contributed by atoms with Crippen molar-refractivity contribution in [3.8, 4) is 0 Å². The fourth-order valence-electron chi connectivity index (χ4n) is 9.22. The van der Waals surface area contributed by atoms with Gasteiger partial charge >= 0.3 is 17.9 Å². The molecule has 452 valence electrons. The summed E-state index contributed by atoms with van der Waals surface area (Å²) in [7, 11) is 0. The molecule has 0 heterocycles. The van der Waals surface area contributed by atoms with Crippen molar-refractivity contribution in [2.24, 2.45) is 0 Å². The van der Waals surface area contributed by atoms with Crippen molar-refractivity contribution in [3.63, 3.8) is 0 Å². The lowest BCUT2D eigenvalue weighted by Gasteiger charge is -2.18. The van der Waals surface area contributed by atoms with E-state index in [0.29, 0.717) is 19.3 Å². The van der Waals surface area contributed by atoms with E-state index in [0.717, 1.165) is 116 Å². The third-order valence-corrected chi connectivity index (χ3v) is 14.2. The van der Waals surface area contributed by atoms with E-state index >= 15 is 0 Å². The maximum absolute atomic E-state index is 12.9. The topological polar surface area (TPSA) is 78.9 Å². The minimum absolute atomic E-state index is 0.0863. The molecule has 0 aliphatic heterocycles. The highest BCUT2D eigenvalue weighted by Gasteiger charge is 2.19. The largest absolute Gasteiger partial charge is 0.462 e. The van der Waals surface area contributed by atoms with Gasteiger partial charge in [-0.2, -0.15) is 0 Å². The highest BCUT2D eigenvalue weighted by atomic mass is 16.6. The lowest BCUT2D eigenvalue weighted by Crippen LogP contribution is -2.30. The lowest BCUT2D eigenvalue weighted by molar-refractivity contribution is -0.167. The zero-order chi connectivity index (χ0) is 57.1. The van der Waals surface area contributed by atoms with E-state index in [2.05, 4.69) is 130 Å². The van der Waals surface area contributed by atoms with E-state index < -0.39 is 6.10 Å². The van der Waals surface area contributed by atoms with E-state index in [-0.39, 0.29) is 31.1 Å². The van der Waals surface area contributed by atoms with Crippen molar-refractivity contribution in [2.45, 2.75) is 322 Å². The van der Waals surface area contributed by atoms with Crippen LogP contribution in [0.15, 0.2) is 109 Å². The number of ether oxygens (including phenoxy) is 3. The molecular weight excluding hydrogens is 973 g/mol. The Morgan fingerprint density at radius 3 is 0.823 bits per heavy atom. The molecule has 6 heteroatoms. The number of hydrogen-bond donors (Lipinski definition) is 0. The smallest absolute Gasteiger partial charge is 0.306 e. The number of unbranched alkanes of at least 4 members (excludes halogenated alkanes) is 31. The molecule has 0 radical (unpaired) electrons. The van der Waals surface area contributed by atoms with Gasteiger partial charge < -0.3 is 14.2 Å². The number of allylic oxidation sites excluding steroid dienone is 18. The van der Waals surface area contributed by atoms with Crippen LogP contribution >= 0.6 is 0 Å². The van der Waals surface area contributed by atoms with Gasteiger partial charge in [0.05, 0.1) is 0 Å². The first kappa shape index (κ1) is 75.1. The van der Waals surface area contributed by atoms with Crippen molar-refractivity contribution in [1.82, 2.24) is 0 Å². The summed E-state index contributed by atoms with van der Waals surface area (Å²) < 4.78 is 16.9. The zero-order valence-electron chi connectivity index (χ0n) is 51.9. The van der Waals surface area contributed by atoms with Crippen LogP contribution in [0.4, 0.5) is 0 Å². The molecule has 0 spiro atoms. The maximum atomic E-state index is 12.9. The molecule has 6 nitrogen and oxygen atoms in total. The third kappa shape index (κ3) is 64.8. The van der Waals surface area contributed by atoms with Gasteiger partial charge in [0.2, 0.25) is 0 Å². The molecule has 0 aliphatic carbocycles. The van der Waals surface area contributed by atoms with Crippen molar-refractivity contribution in [2.75, 3.05) is 13.2 Å². The molecule has 0 aromatic heterocycles. The molecule has 79 heavy (non-hydrogen) atoms. The van der Waals surface area contributed by atoms with Crippen LogP contribution in [0, 0.1) is 0 Å². The molecule has 0 N–H and O–H groups in total. The Morgan fingerprint density at radius 1 is 0.266 bits per heavy atom. The summed E-state index contributed by atoms with van der Waals surface area (Å²) in [6.45, 7) is 6.48. The van der Waals surface area contributed by atoms with Crippen LogP contribution in [-0.4, -0.2) is 37.2 Å². The average molecular weight is 1100 g/mol. The molecule has 0 saturated heterocycles. The normalized spacial score (nSPS) is 12.8. The Hall–Kier alpha value is -3.93. The molecule has 0 fully saturated rings. The minimum Gasteiger partial charge on any atom is -0.462 e. The summed E-state index contributed by atoms with van der Waals surface area (Å²) in [6, 6.07) is 0. The first-order valence-corrected chi connectivity index (χ1v) is 33.4. The predicted octanol–water partition coefficient (Wildman–Crippen LogP) is 23.0. The molecule has 1 atom stereocenters. The van der Waals surface area contributed by atoms with E-state index in [1.807, 2.05) is 0 Å². The standard InChI is InChI=1S/C73H124O6/c1-4-7-10-13-16-19-22-24-26-28-30-32-34-35-36-37-39-40-42-44-46-48-51-54-57-60-63-66-72(75)78-69-70(68-77-71(74)65-62-59-56-53-50-21-18-15-12-9-6-3)79-73(76)67-64-61-58-55-52-49-47-45-43-41-38-33-31-29-27-25-23-20-17-14-11-8-5-2/h8,11,15,17-18,20,22,24-25,27-28,30-31,33-35,41,43,70H,4-7,9-10,12-14,16,19,21,23,26,29,32,36-40,42,44-69H2,1-3H3/b11-8-,18-15-,20-17-,24-22-,27-25-,30-28-,33-31-,35-34-,43-41-. The third-order valence-electron chi connectivity index (χ3n) is 14.2. The van der Waals surface area contributed by atoms with Gasteiger partial charge in [0, 0.05) is 19.3 Å². The maximum Gasteiger partial charge on any atom is 0.306 e. The van der Waals surface area contributed by atoms with Crippen LogP contribution in [0.5, 0.6) is 0 Å². The molecule has 0 amide bonds. The van der Waals surface area contributed by atoms with E-state index in [9.17, 15) is 14.4 Å². The number of carbonyl (C=O) groups excluding carboxylic acids is 3. The second-order valence-electron chi connectivity index (χ2n) is 22.0. The number of rotatable bonds is 60. The quantitative estimate of drug-likeness (QED) is 0.0261. The zero-order valence-corrected chi connectivity index (χ0v) is 51.9. The fourth-order valence-corrected chi connectivity index (χ4v) is 9.22. The van der Waals surface area contributed by atoms with Crippen LogP contribution in [-0.2, 0) is 28.6 Å². The van der Waals surface area contributed by atoms with Crippen LogP contribution in [0.1, 0.15) is 316 Å². The van der Waals surface area contributed by atoms with Crippen molar-refractivity contribution in [1.29, 1.82) is 0 Å². The van der Waals surface area contributed by atoms with Crippen molar-refractivity contribution >= 4 is 17.9 Å². The summed E-state index contributed by atoms with van der Waals surface area (Å²) in [5.41, 5.74) is 0. The second-order valence-corrected chi connectivity index (χ2v) is 22.0. The molecular formula is C73H124O6. The van der Waals surface area contributed by atoms with Gasteiger partial charge in [-0.25, -0.2) is 0 Å². The van der Waals surface area contributed by atoms with Gasteiger partial charge in [-0.05, 0) is 122 Å². The summed E-state index contributed by atoms with van der Waals surface area (Å²) >= 11 is 0. The average Bonchev–Trinajstić information content (AvgIpc) is 3.45. The second kappa shape index (κ2) is 66.6. The van der Waals surface area contributed by atoms with Crippen LogP contribution in [0.3, 0.4) is 0 Å². The van der Waals surface area contributed by atoms with E-state index in [4.69, 9.17) is 14.2 Å². The summed E-state index contributed by atoms with van der Waals surface area (Å²) in [5, 5.41) is 0. The van der Waals surface area contributed by atoms with Gasteiger partial charge in [0.1, 0.15) is 13.2 Å². The molecule has 0 aliphatic rings. The van der Waals surface area contributed by atoms with Crippen LogP contribution in [0.2, 0.25) is 0 Å². The van der Waals surface area contributed by atoms with E-state index in [1.165, 1.54) is 161 Å². The Kier molecular flexibility index (Phi) is 63.3. The number of carbonyl (C=O) groups is 3. The van der Waals surface area contributed by atoms with Crippen LogP contribution in [0.25, 0.3) is 0 Å². The first-order chi connectivity index (χ1) is 39.0. The number of hydrogen-bond acceptors (Lipinski definition) is 6. The van der Waals surface area contributed by atoms with Crippen molar-refractivity contribution in [3.05, 3.63) is 109 Å². The summed E-state index contributed by atoms with van der Waals surface area (Å²) in [5.74, 6) is -0.901. The monoisotopic (exact) mass is 1100 g/mol. The van der Waals surface area contributed by atoms with Gasteiger partial charge in [0.15, 0.2) is 6.10 Å². The van der Waals surface area contributed by atoms with Crippen molar-refractivity contribution < 1.29 is 28.6 Å². The highest BCUT2D eigenvalue weighted by molar-refractivity contribution is 5.71. The molecule has 0 rings (SSSR count). The molecule has 0 aromatic carbocycles. The minimum atomic E-state index is -0.791.